The first-order chi connectivity index (χ1) is 21.2. The molecule has 232 valence electrons. The van der Waals surface area contributed by atoms with E-state index in [-0.39, 0.29) is 43.1 Å². The summed E-state index contributed by atoms with van der Waals surface area (Å²) in [5.74, 6) is -1.02. The van der Waals surface area contributed by atoms with Gasteiger partial charge in [-0.25, -0.2) is 0 Å². The molecular formula is C32H32N5O8+. The second-order valence-corrected chi connectivity index (χ2v) is 11.6. The van der Waals surface area contributed by atoms with Gasteiger partial charge < -0.3 is 14.7 Å². The van der Waals surface area contributed by atoms with Crippen molar-refractivity contribution in [1.29, 1.82) is 5.26 Å². The first-order valence-corrected chi connectivity index (χ1v) is 14.0. The second kappa shape index (κ2) is 12.5. The molecule has 2 heterocycles. The van der Waals surface area contributed by atoms with Crippen LogP contribution in [0.1, 0.15) is 45.2 Å². The lowest BCUT2D eigenvalue weighted by atomic mass is 9.80. The highest BCUT2D eigenvalue weighted by atomic mass is 16.6. The fraction of sp³-hybridized carbons (Fsp3) is 0.312. The summed E-state index contributed by atoms with van der Waals surface area (Å²) < 4.78 is 6.65. The first-order valence-electron chi connectivity index (χ1n) is 14.0. The van der Waals surface area contributed by atoms with Crippen LogP contribution in [-0.2, 0) is 25.2 Å². The number of carboxylic acids is 1. The van der Waals surface area contributed by atoms with Crippen LogP contribution in [0.5, 0.6) is 0 Å². The molecule has 0 unspecified atom stereocenters. The molecule has 45 heavy (non-hydrogen) atoms. The van der Waals surface area contributed by atoms with Gasteiger partial charge >= 0.3 is 5.97 Å². The van der Waals surface area contributed by atoms with E-state index in [4.69, 9.17) is 4.74 Å². The lowest BCUT2D eigenvalue weighted by Gasteiger charge is -2.26. The van der Waals surface area contributed by atoms with Crippen LogP contribution in [-0.4, -0.2) is 57.4 Å². The Morgan fingerprint density at radius 1 is 1.13 bits per heavy atom. The molecule has 0 aliphatic carbocycles. The standard InChI is InChI=1S/C32H31N5O8/c1-31(2)23-11-10-22(36(41)42)18-26(23)35(16-17-45-20-38)27(31)12-8-21(19-33)9-13-28-32(3,4)30-24(34(28)15-14-29(39)40)6-5-7-25(30)37(43)44/h5-13,18,20H,14-17H2,1-4H3/p+1. The van der Waals surface area contributed by atoms with E-state index in [0.29, 0.717) is 34.8 Å². The molecule has 0 atom stereocenters. The molecule has 0 amide bonds. The largest absolute Gasteiger partial charge is 0.481 e. The van der Waals surface area contributed by atoms with Gasteiger partial charge in [0.2, 0.25) is 5.69 Å². The van der Waals surface area contributed by atoms with E-state index in [9.17, 15) is 40.2 Å². The summed E-state index contributed by atoms with van der Waals surface area (Å²) in [4.78, 5) is 46.5. The monoisotopic (exact) mass is 614 g/mol. The average Bonchev–Trinajstić information content (AvgIpc) is 3.34. The third kappa shape index (κ3) is 6.08. The summed E-state index contributed by atoms with van der Waals surface area (Å²) in [7, 11) is 0. The zero-order chi connectivity index (χ0) is 33.1. The van der Waals surface area contributed by atoms with Crippen molar-refractivity contribution in [3.8, 4) is 6.07 Å². The number of non-ortho nitro benzene ring substituents is 1. The lowest BCUT2D eigenvalue weighted by molar-refractivity contribution is -0.437. The molecule has 0 saturated carbocycles. The summed E-state index contributed by atoms with van der Waals surface area (Å²) in [5, 5.41) is 42.8. The highest BCUT2D eigenvalue weighted by Gasteiger charge is 2.49. The van der Waals surface area contributed by atoms with Gasteiger partial charge in [0.1, 0.15) is 18.6 Å². The van der Waals surface area contributed by atoms with Crippen LogP contribution >= 0.6 is 0 Å². The van der Waals surface area contributed by atoms with Crippen molar-refractivity contribution >= 4 is 40.9 Å². The minimum absolute atomic E-state index is 0.0278. The highest BCUT2D eigenvalue weighted by molar-refractivity contribution is 6.04. The van der Waals surface area contributed by atoms with E-state index in [2.05, 4.69) is 6.07 Å². The number of anilines is 1. The lowest BCUT2D eigenvalue weighted by Crippen LogP contribution is -2.29. The molecule has 2 aliphatic rings. The Hall–Kier alpha value is -5.64. The maximum Gasteiger partial charge on any atom is 0.309 e. The van der Waals surface area contributed by atoms with Crippen molar-refractivity contribution in [2.24, 2.45) is 0 Å². The number of nitro groups is 2. The van der Waals surface area contributed by atoms with Crippen molar-refractivity contribution in [2.45, 2.75) is 44.9 Å². The van der Waals surface area contributed by atoms with Crippen molar-refractivity contribution in [3.63, 3.8) is 0 Å². The van der Waals surface area contributed by atoms with Crippen LogP contribution in [0.15, 0.2) is 72.0 Å². The van der Waals surface area contributed by atoms with Gasteiger partial charge in [0.25, 0.3) is 17.8 Å². The molecule has 2 aromatic rings. The zero-order valence-electron chi connectivity index (χ0n) is 25.2. The van der Waals surface area contributed by atoms with Gasteiger partial charge in [-0.05, 0) is 49.8 Å². The summed E-state index contributed by atoms with van der Waals surface area (Å²) in [6.45, 7) is 8.16. The molecule has 0 fully saturated rings. The topological polar surface area (TPSA) is 180 Å². The number of nitrogens with zero attached hydrogens (tertiary/aromatic N) is 5. The van der Waals surface area contributed by atoms with Crippen molar-refractivity contribution in [2.75, 3.05) is 24.6 Å². The third-order valence-electron chi connectivity index (χ3n) is 8.17. The Labute approximate surface area is 259 Å². The fourth-order valence-electron chi connectivity index (χ4n) is 6.08. The summed E-state index contributed by atoms with van der Waals surface area (Å²) in [6.07, 6.45) is 6.37. The number of carbonyl (C=O) groups excluding carboxylic acids is 1. The Bertz CT molecular complexity index is 1760. The van der Waals surface area contributed by atoms with Crippen molar-refractivity contribution in [1.82, 2.24) is 0 Å². The molecule has 1 N–H and O–H groups in total. The fourth-order valence-corrected chi connectivity index (χ4v) is 6.08. The molecule has 0 saturated heterocycles. The summed E-state index contributed by atoms with van der Waals surface area (Å²) in [6, 6.07) is 11.4. The number of benzene rings is 2. The number of fused-ring (bicyclic) bond motifs is 2. The van der Waals surface area contributed by atoms with Crippen LogP contribution in [0.3, 0.4) is 0 Å². The number of aliphatic carboxylic acids is 1. The molecular weight excluding hydrogens is 582 g/mol. The van der Waals surface area contributed by atoms with E-state index in [1.165, 1.54) is 18.2 Å². The van der Waals surface area contributed by atoms with Crippen molar-refractivity contribution < 1.29 is 33.9 Å². The molecule has 0 bridgehead atoms. The van der Waals surface area contributed by atoms with Crippen LogP contribution in [0, 0.1) is 31.6 Å². The normalized spacial score (nSPS) is 17.3. The number of hydrogen-bond acceptors (Lipinski definition) is 9. The first kappa shape index (κ1) is 32.3. The molecule has 2 aromatic carbocycles. The molecule has 0 radical (unpaired) electrons. The minimum atomic E-state index is -1.02. The molecule has 13 heteroatoms. The molecule has 2 aliphatic heterocycles. The Morgan fingerprint density at radius 3 is 2.49 bits per heavy atom. The van der Waals surface area contributed by atoms with E-state index < -0.39 is 26.6 Å². The number of nitriles is 1. The Kier molecular flexibility index (Phi) is 8.99. The highest BCUT2D eigenvalue weighted by Crippen LogP contribution is 2.49. The van der Waals surface area contributed by atoms with Gasteiger partial charge in [-0.3, -0.25) is 29.8 Å². The number of allylic oxidation sites excluding steroid dienone is 6. The quantitative estimate of drug-likeness (QED) is 0.0634. The Morgan fingerprint density at radius 2 is 1.87 bits per heavy atom. The van der Waals surface area contributed by atoms with Gasteiger partial charge in [-0.15, -0.1) is 0 Å². The van der Waals surface area contributed by atoms with Crippen LogP contribution in [0.25, 0.3) is 0 Å². The maximum absolute atomic E-state index is 11.9. The maximum atomic E-state index is 11.9. The van der Waals surface area contributed by atoms with Gasteiger partial charge in [0, 0.05) is 41.5 Å². The van der Waals surface area contributed by atoms with Crippen LogP contribution in [0.2, 0.25) is 0 Å². The zero-order valence-corrected chi connectivity index (χ0v) is 25.2. The average molecular weight is 615 g/mol. The van der Waals surface area contributed by atoms with E-state index in [1.807, 2.05) is 32.6 Å². The molecule has 0 aromatic heterocycles. The molecule has 13 nitrogen and oxygen atoms in total. The summed E-state index contributed by atoms with van der Waals surface area (Å²) in [5.41, 5.74) is 2.27. The second-order valence-electron chi connectivity index (χ2n) is 11.6. The van der Waals surface area contributed by atoms with Crippen LogP contribution < -0.4 is 4.90 Å². The predicted octanol–water partition coefficient (Wildman–Crippen LogP) is 5.21. The van der Waals surface area contributed by atoms with E-state index >= 15 is 0 Å². The van der Waals surface area contributed by atoms with Gasteiger partial charge in [-0.2, -0.15) is 9.84 Å². The van der Waals surface area contributed by atoms with Gasteiger partial charge in [0.15, 0.2) is 12.3 Å². The van der Waals surface area contributed by atoms with Crippen molar-refractivity contribution in [3.05, 3.63) is 103 Å². The summed E-state index contributed by atoms with van der Waals surface area (Å²) >= 11 is 0. The smallest absolute Gasteiger partial charge is 0.309 e. The number of carboxylic acid groups (broad SMARTS) is 1. The van der Waals surface area contributed by atoms with E-state index in [0.717, 1.165) is 5.56 Å². The number of carbonyl (C=O) groups is 2. The number of rotatable bonds is 12. The Balaban J connectivity index is 1.78. The molecule has 0 spiro atoms. The van der Waals surface area contributed by atoms with Gasteiger partial charge in [-0.1, -0.05) is 13.8 Å². The van der Waals surface area contributed by atoms with Crippen LogP contribution in [0.4, 0.5) is 22.7 Å². The molecule has 4 rings (SSSR count). The van der Waals surface area contributed by atoms with Gasteiger partial charge in [0.05, 0.1) is 39.1 Å². The number of ether oxygens (including phenoxy) is 1. The number of hydrogen-bond donors (Lipinski definition) is 1. The number of nitro benzene ring substituents is 2. The third-order valence-corrected chi connectivity index (χ3v) is 8.17. The predicted molar refractivity (Wildman–Crippen MR) is 165 cm³/mol. The van der Waals surface area contributed by atoms with E-state index in [1.54, 1.807) is 47.1 Å². The SMILES string of the molecule is CC1(C)C(/C=C/C(C#N)=C/C=C2/N(CCOC=O)c3cc([N+](=O)[O-])ccc3C2(C)C)=[N+](CCC(=O)O)c2cccc([N+](=O)[O-])c21. The minimum Gasteiger partial charge on any atom is -0.481 e.